The summed E-state index contributed by atoms with van der Waals surface area (Å²) in [5.74, 6) is 0.438. The lowest BCUT2D eigenvalue weighted by atomic mass is 9.94. The average molecular weight is 270 g/mol. The Morgan fingerprint density at radius 3 is 1.95 bits per heavy atom. The molecule has 0 aliphatic carbocycles. The zero-order valence-electron chi connectivity index (χ0n) is 12.4. The van der Waals surface area contributed by atoms with Crippen LogP contribution in [0.15, 0.2) is 30.3 Å². The van der Waals surface area contributed by atoms with Gasteiger partial charge in [0.05, 0.1) is 0 Å². The second-order valence-corrected chi connectivity index (χ2v) is 5.02. The molecular formula is C18H22O2. The summed E-state index contributed by atoms with van der Waals surface area (Å²) in [6, 6.07) is 10.1. The number of hydrogen-bond donors (Lipinski definition) is 2. The minimum atomic E-state index is 0.200. The van der Waals surface area contributed by atoms with Gasteiger partial charge in [-0.3, -0.25) is 0 Å². The third kappa shape index (κ3) is 2.51. The Morgan fingerprint density at radius 1 is 0.800 bits per heavy atom. The molecule has 20 heavy (non-hydrogen) atoms. The minimum Gasteiger partial charge on any atom is -0.507 e. The van der Waals surface area contributed by atoms with Gasteiger partial charge in [-0.05, 0) is 42.0 Å². The van der Waals surface area contributed by atoms with Crippen molar-refractivity contribution in [3.05, 3.63) is 47.0 Å². The monoisotopic (exact) mass is 270 g/mol. The normalized spacial score (nSPS) is 10.8. The quantitative estimate of drug-likeness (QED) is 0.861. The van der Waals surface area contributed by atoms with Crippen molar-refractivity contribution in [3.8, 4) is 22.6 Å². The van der Waals surface area contributed by atoms with Gasteiger partial charge < -0.3 is 10.2 Å². The van der Waals surface area contributed by atoms with Crippen molar-refractivity contribution in [2.75, 3.05) is 0 Å². The van der Waals surface area contributed by atoms with Gasteiger partial charge in [0.25, 0.3) is 0 Å². The summed E-state index contributed by atoms with van der Waals surface area (Å²) in [5, 5.41) is 20.6. The molecule has 0 spiro atoms. The van der Waals surface area contributed by atoms with Crippen molar-refractivity contribution in [1.82, 2.24) is 0 Å². The molecule has 0 fully saturated rings. The maximum absolute atomic E-state index is 10.4. The molecule has 0 bridgehead atoms. The van der Waals surface area contributed by atoms with Crippen LogP contribution in [0.25, 0.3) is 11.1 Å². The smallest absolute Gasteiger partial charge is 0.130 e. The summed E-state index contributed by atoms with van der Waals surface area (Å²) in [6.45, 7) is 6.07. The van der Waals surface area contributed by atoms with E-state index in [1.165, 1.54) is 5.56 Å². The van der Waals surface area contributed by atoms with Crippen molar-refractivity contribution < 1.29 is 10.2 Å². The van der Waals surface area contributed by atoms with Crippen LogP contribution in [-0.4, -0.2) is 10.2 Å². The summed E-state index contributed by atoms with van der Waals surface area (Å²) in [6.07, 6.45) is 2.37. The molecule has 2 aromatic carbocycles. The second-order valence-electron chi connectivity index (χ2n) is 5.02. The van der Waals surface area contributed by atoms with Gasteiger partial charge in [0.1, 0.15) is 11.5 Å². The molecular weight excluding hydrogens is 248 g/mol. The van der Waals surface area contributed by atoms with E-state index >= 15 is 0 Å². The van der Waals surface area contributed by atoms with Crippen LogP contribution >= 0.6 is 0 Å². The molecule has 0 radical (unpaired) electrons. The fraction of sp³-hybridized carbons (Fsp3) is 0.333. The molecule has 2 N–H and O–H groups in total. The lowest BCUT2D eigenvalue weighted by Crippen LogP contribution is -1.93. The molecule has 0 aliphatic heterocycles. The molecule has 0 aliphatic rings. The molecule has 2 aromatic rings. The molecule has 0 atom stereocenters. The Morgan fingerprint density at radius 2 is 1.45 bits per heavy atom. The van der Waals surface area contributed by atoms with Crippen LogP contribution in [0.4, 0.5) is 0 Å². The summed E-state index contributed by atoms with van der Waals surface area (Å²) < 4.78 is 0. The zero-order chi connectivity index (χ0) is 14.7. The standard InChI is InChI=1S/C18H22O2/c1-4-12-7-9-14(10-8-12)16-11-13(5-2)17(19)15(6-3)18(16)20/h7-11,19-20H,4-6H2,1-3H3. The summed E-state index contributed by atoms with van der Waals surface area (Å²) >= 11 is 0. The van der Waals surface area contributed by atoms with Crippen molar-refractivity contribution in [2.24, 2.45) is 0 Å². The van der Waals surface area contributed by atoms with Crippen molar-refractivity contribution in [2.45, 2.75) is 40.0 Å². The van der Waals surface area contributed by atoms with E-state index in [0.29, 0.717) is 12.0 Å². The first kappa shape index (κ1) is 14.4. The Kier molecular flexibility index (Phi) is 4.33. The van der Waals surface area contributed by atoms with Gasteiger partial charge in [-0.1, -0.05) is 45.0 Å². The molecule has 2 heteroatoms. The van der Waals surface area contributed by atoms with Gasteiger partial charge in [-0.2, -0.15) is 0 Å². The lowest BCUT2D eigenvalue weighted by Gasteiger charge is -2.15. The summed E-state index contributed by atoms with van der Waals surface area (Å²) in [5.41, 5.74) is 4.59. The van der Waals surface area contributed by atoms with Gasteiger partial charge in [-0.25, -0.2) is 0 Å². The van der Waals surface area contributed by atoms with E-state index in [1.54, 1.807) is 0 Å². The van der Waals surface area contributed by atoms with Gasteiger partial charge in [0, 0.05) is 11.1 Å². The highest BCUT2D eigenvalue weighted by molar-refractivity contribution is 5.75. The Labute approximate surface area is 120 Å². The highest BCUT2D eigenvalue weighted by Crippen LogP contribution is 2.40. The Balaban J connectivity index is 2.60. The van der Waals surface area contributed by atoms with E-state index in [2.05, 4.69) is 19.1 Å². The number of phenolic OH excluding ortho intramolecular Hbond substituents is 2. The minimum absolute atomic E-state index is 0.200. The number of benzene rings is 2. The van der Waals surface area contributed by atoms with Gasteiger partial charge in [0.2, 0.25) is 0 Å². The van der Waals surface area contributed by atoms with Crippen molar-refractivity contribution >= 4 is 0 Å². The van der Waals surface area contributed by atoms with E-state index in [4.69, 9.17) is 0 Å². The van der Waals surface area contributed by atoms with E-state index in [0.717, 1.165) is 29.5 Å². The molecule has 2 nitrogen and oxygen atoms in total. The maximum Gasteiger partial charge on any atom is 0.130 e. The molecule has 0 heterocycles. The molecule has 0 aromatic heterocycles. The third-order valence-corrected chi connectivity index (χ3v) is 3.86. The van der Waals surface area contributed by atoms with Crippen LogP contribution in [0.2, 0.25) is 0 Å². The van der Waals surface area contributed by atoms with Crippen LogP contribution in [-0.2, 0) is 19.3 Å². The lowest BCUT2D eigenvalue weighted by molar-refractivity contribution is 0.436. The summed E-state index contributed by atoms with van der Waals surface area (Å²) in [4.78, 5) is 0. The Hall–Kier alpha value is -1.96. The maximum atomic E-state index is 10.4. The second kappa shape index (κ2) is 6.00. The highest BCUT2D eigenvalue weighted by atomic mass is 16.3. The number of aryl methyl sites for hydroxylation is 2. The number of phenols is 2. The number of aromatic hydroxyl groups is 2. The van der Waals surface area contributed by atoms with Gasteiger partial charge in [-0.15, -0.1) is 0 Å². The molecule has 2 rings (SSSR count). The largest absolute Gasteiger partial charge is 0.507 e. The van der Waals surface area contributed by atoms with Crippen LogP contribution in [0.1, 0.15) is 37.5 Å². The predicted octanol–water partition coefficient (Wildman–Crippen LogP) is 4.45. The Bertz CT molecular complexity index is 598. The highest BCUT2D eigenvalue weighted by Gasteiger charge is 2.16. The predicted molar refractivity (Wildman–Crippen MR) is 83.3 cm³/mol. The summed E-state index contributed by atoms with van der Waals surface area (Å²) in [7, 11) is 0. The van der Waals surface area contributed by atoms with E-state index in [9.17, 15) is 10.2 Å². The van der Waals surface area contributed by atoms with Crippen LogP contribution < -0.4 is 0 Å². The molecule has 0 amide bonds. The van der Waals surface area contributed by atoms with Gasteiger partial charge in [0.15, 0.2) is 0 Å². The van der Waals surface area contributed by atoms with Crippen molar-refractivity contribution in [3.63, 3.8) is 0 Å². The molecule has 106 valence electrons. The van der Waals surface area contributed by atoms with Crippen LogP contribution in [0.3, 0.4) is 0 Å². The first-order chi connectivity index (χ1) is 9.62. The zero-order valence-corrected chi connectivity index (χ0v) is 12.4. The SMILES string of the molecule is CCc1ccc(-c2cc(CC)c(O)c(CC)c2O)cc1. The molecule has 0 unspecified atom stereocenters. The van der Waals surface area contributed by atoms with Crippen LogP contribution in [0, 0.1) is 0 Å². The first-order valence-corrected chi connectivity index (χ1v) is 7.28. The van der Waals surface area contributed by atoms with E-state index in [1.807, 2.05) is 32.0 Å². The molecule has 0 saturated carbocycles. The van der Waals surface area contributed by atoms with Crippen LogP contribution in [0.5, 0.6) is 11.5 Å². The van der Waals surface area contributed by atoms with Crippen molar-refractivity contribution in [1.29, 1.82) is 0 Å². The first-order valence-electron chi connectivity index (χ1n) is 7.28. The fourth-order valence-corrected chi connectivity index (χ4v) is 2.52. The topological polar surface area (TPSA) is 40.5 Å². The van der Waals surface area contributed by atoms with E-state index < -0.39 is 0 Å². The average Bonchev–Trinajstić information content (AvgIpc) is 2.48. The van der Waals surface area contributed by atoms with Gasteiger partial charge >= 0.3 is 0 Å². The number of rotatable bonds is 4. The van der Waals surface area contributed by atoms with E-state index in [-0.39, 0.29) is 11.5 Å². The fourth-order valence-electron chi connectivity index (χ4n) is 2.52. The molecule has 0 saturated heterocycles. The third-order valence-electron chi connectivity index (χ3n) is 3.86. The number of hydrogen-bond acceptors (Lipinski definition) is 2.